The number of benzene rings is 2. The first-order chi connectivity index (χ1) is 14.5. The Labute approximate surface area is 175 Å². The topological polar surface area (TPSA) is 80.0 Å². The van der Waals surface area contributed by atoms with Gasteiger partial charge in [-0.2, -0.15) is 0 Å². The maximum Gasteiger partial charge on any atom is 0.255 e. The van der Waals surface area contributed by atoms with Crippen LogP contribution in [-0.2, 0) is 0 Å². The summed E-state index contributed by atoms with van der Waals surface area (Å²) in [5.74, 6) is 0.331. The van der Waals surface area contributed by atoms with Gasteiger partial charge in [0.2, 0.25) is 5.95 Å². The van der Waals surface area contributed by atoms with Crippen LogP contribution in [0.15, 0.2) is 71.7 Å². The van der Waals surface area contributed by atoms with Gasteiger partial charge in [0, 0.05) is 28.7 Å². The Morgan fingerprint density at radius 3 is 2.33 bits per heavy atom. The van der Waals surface area contributed by atoms with E-state index in [0.29, 0.717) is 11.5 Å². The zero-order valence-corrected chi connectivity index (χ0v) is 17.1. The number of aromatic nitrogens is 2. The molecule has 6 nitrogen and oxygen atoms in total. The summed E-state index contributed by atoms with van der Waals surface area (Å²) in [6, 6.07) is 15.0. The number of nitrogens with one attached hydrogen (secondary N) is 2. The van der Waals surface area contributed by atoms with E-state index in [2.05, 4.69) is 20.6 Å². The van der Waals surface area contributed by atoms with Gasteiger partial charge in [0.15, 0.2) is 0 Å². The van der Waals surface area contributed by atoms with Crippen LogP contribution < -0.4 is 10.6 Å². The molecule has 4 aromatic rings. The minimum absolute atomic E-state index is 0.146. The van der Waals surface area contributed by atoms with Crippen molar-refractivity contribution in [2.45, 2.75) is 20.8 Å². The maximum absolute atomic E-state index is 12.6. The average molecular weight is 398 g/mol. The highest BCUT2D eigenvalue weighted by Crippen LogP contribution is 2.24. The molecular formula is C24H22N4O2. The van der Waals surface area contributed by atoms with Crippen molar-refractivity contribution >= 4 is 23.2 Å². The fraction of sp³-hybridized carbons (Fsp3) is 0.125. The molecule has 150 valence electrons. The van der Waals surface area contributed by atoms with E-state index >= 15 is 0 Å². The van der Waals surface area contributed by atoms with Gasteiger partial charge in [0.25, 0.3) is 5.91 Å². The zero-order chi connectivity index (χ0) is 21.1. The number of rotatable bonds is 5. The van der Waals surface area contributed by atoms with Gasteiger partial charge in [-0.1, -0.05) is 18.2 Å². The summed E-state index contributed by atoms with van der Waals surface area (Å²) in [6.45, 7) is 5.92. The number of aryl methyl sites for hydroxylation is 3. The molecule has 2 N–H and O–H groups in total. The van der Waals surface area contributed by atoms with E-state index in [4.69, 9.17) is 4.42 Å². The highest BCUT2D eigenvalue weighted by atomic mass is 16.3. The van der Waals surface area contributed by atoms with Crippen LogP contribution in [0.25, 0.3) is 11.3 Å². The largest absolute Gasteiger partial charge is 0.472 e. The molecule has 0 aliphatic carbocycles. The number of para-hydroxylation sites is 1. The van der Waals surface area contributed by atoms with Crippen molar-refractivity contribution in [3.63, 3.8) is 0 Å². The molecule has 6 heteroatoms. The van der Waals surface area contributed by atoms with Gasteiger partial charge < -0.3 is 15.1 Å². The van der Waals surface area contributed by atoms with Crippen molar-refractivity contribution in [1.29, 1.82) is 0 Å². The van der Waals surface area contributed by atoms with E-state index in [1.54, 1.807) is 30.9 Å². The number of hydrogen-bond donors (Lipinski definition) is 2. The summed E-state index contributed by atoms with van der Waals surface area (Å²) in [6.07, 6.45) is 5.04. The molecule has 30 heavy (non-hydrogen) atoms. The molecule has 0 aliphatic heterocycles. The van der Waals surface area contributed by atoms with Crippen LogP contribution in [0.2, 0.25) is 0 Å². The van der Waals surface area contributed by atoms with Gasteiger partial charge >= 0.3 is 0 Å². The Kier molecular flexibility index (Phi) is 5.30. The predicted octanol–water partition coefficient (Wildman–Crippen LogP) is 5.66. The summed E-state index contributed by atoms with van der Waals surface area (Å²) >= 11 is 0. The lowest BCUT2D eigenvalue weighted by Gasteiger charge is -2.12. The van der Waals surface area contributed by atoms with Crippen LogP contribution in [-0.4, -0.2) is 15.9 Å². The fourth-order valence-electron chi connectivity index (χ4n) is 3.23. The van der Waals surface area contributed by atoms with Crippen LogP contribution in [0.4, 0.5) is 17.3 Å². The van der Waals surface area contributed by atoms with E-state index in [1.165, 1.54) is 0 Å². The van der Waals surface area contributed by atoms with Crippen molar-refractivity contribution in [2.75, 3.05) is 10.6 Å². The van der Waals surface area contributed by atoms with Crippen molar-refractivity contribution < 1.29 is 9.21 Å². The van der Waals surface area contributed by atoms with E-state index in [0.717, 1.165) is 39.3 Å². The third-order valence-corrected chi connectivity index (χ3v) is 4.89. The van der Waals surface area contributed by atoms with Crippen LogP contribution in [0.5, 0.6) is 0 Å². The van der Waals surface area contributed by atoms with Crippen molar-refractivity contribution in [1.82, 2.24) is 9.97 Å². The van der Waals surface area contributed by atoms with Gasteiger partial charge in [0.05, 0.1) is 18.2 Å². The number of carbonyl (C=O) groups is 1. The number of hydrogen-bond acceptors (Lipinski definition) is 5. The minimum atomic E-state index is -0.146. The maximum atomic E-state index is 12.6. The lowest BCUT2D eigenvalue weighted by Crippen LogP contribution is -2.13. The fourth-order valence-corrected chi connectivity index (χ4v) is 3.23. The monoisotopic (exact) mass is 398 g/mol. The van der Waals surface area contributed by atoms with Gasteiger partial charge in [0.1, 0.15) is 0 Å². The molecule has 2 heterocycles. The predicted molar refractivity (Wildman–Crippen MR) is 118 cm³/mol. The summed E-state index contributed by atoms with van der Waals surface area (Å²) in [5, 5.41) is 6.18. The quantitative estimate of drug-likeness (QED) is 0.453. The van der Waals surface area contributed by atoms with Crippen LogP contribution in [0.1, 0.15) is 27.0 Å². The Hall–Kier alpha value is -3.93. The first kappa shape index (κ1) is 19.4. The number of anilines is 3. The number of furan rings is 1. The number of nitrogens with zero attached hydrogens (tertiary/aromatic N) is 2. The van der Waals surface area contributed by atoms with Gasteiger partial charge in [-0.3, -0.25) is 4.79 Å². The molecule has 0 saturated carbocycles. The van der Waals surface area contributed by atoms with Crippen molar-refractivity contribution in [2.24, 2.45) is 0 Å². The highest BCUT2D eigenvalue weighted by Gasteiger charge is 2.11. The smallest absolute Gasteiger partial charge is 0.255 e. The molecule has 0 saturated heterocycles. The lowest BCUT2D eigenvalue weighted by atomic mass is 10.1. The van der Waals surface area contributed by atoms with Crippen LogP contribution in [0.3, 0.4) is 0 Å². The lowest BCUT2D eigenvalue weighted by molar-refractivity contribution is 0.102. The third kappa shape index (κ3) is 4.07. The zero-order valence-electron chi connectivity index (χ0n) is 17.1. The Bertz CT molecular complexity index is 1160. The third-order valence-electron chi connectivity index (χ3n) is 4.89. The van der Waals surface area contributed by atoms with E-state index in [9.17, 15) is 4.79 Å². The second kappa shape index (κ2) is 8.21. The molecule has 0 atom stereocenters. The Balaban J connectivity index is 1.49. The first-order valence-corrected chi connectivity index (χ1v) is 9.62. The molecule has 4 rings (SSSR count). The van der Waals surface area contributed by atoms with Crippen molar-refractivity contribution in [3.05, 3.63) is 89.5 Å². The Morgan fingerprint density at radius 1 is 0.933 bits per heavy atom. The average Bonchev–Trinajstić information content (AvgIpc) is 3.27. The molecule has 2 aromatic carbocycles. The molecular weight excluding hydrogens is 376 g/mol. The molecule has 0 fully saturated rings. The van der Waals surface area contributed by atoms with Crippen molar-refractivity contribution in [3.8, 4) is 11.3 Å². The number of carbonyl (C=O) groups excluding carboxylic acids is 1. The van der Waals surface area contributed by atoms with Crippen LogP contribution >= 0.6 is 0 Å². The first-order valence-electron chi connectivity index (χ1n) is 9.62. The summed E-state index contributed by atoms with van der Waals surface area (Å²) in [7, 11) is 0. The highest BCUT2D eigenvalue weighted by molar-refractivity contribution is 6.05. The van der Waals surface area contributed by atoms with E-state index < -0.39 is 0 Å². The van der Waals surface area contributed by atoms with Crippen LogP contribution in [0, 0.1) is 20.8 Å². The second-order valence-corrected chi connectivity index (χ2v) is 7.16. The second-order valence-electron chi connectivity index (χ2n) is 7.16. The molecule has 0 radical (unpaired) electrons. The molecule has 0 aliphatic rings. The molecule has 2 aromatic heterocycles. The molecule has 0 bridgehead atoms. The van der Waals surface area contributed by atoms with Gasteiger partial charge in [-0.15, -0.1) is 0 Å². The normalized spacial score (nSPS) is 10.6. The summed E-state index contributed by atoms with van der Waals surface area (Å²) in [4.78, 5) is 21.6. The Morgan fingerprint density at radius 2 is 1.67 bits per heavy atom. The van der Waals surface area contributed by atoms with Gasteiger partial charge in [-0.05, 0) is 67.8 Å². The molecule has 0 spiro atoms. The van der Waals surface area contributed by atoms with E-state index in [-0.39, 0.29) is 5.91 Å². The summed E-state index contributed by atoms with van der Waals surface area (Å²) in [5.41, 5.74) is 6.96. The summed E-state index contributed by atoms with van der Waals surface area (Å²) < 4.78 is 5.16. The number of amides is 1. The molecule has 0 unspecified atom stereocenters. The molecule has 1 amide bonds. The SMILES string of the molecule is Cc1cnc(Nc2ccc(C(=O)Nc3c(C)cccc3C)cc2)nc1-c1ccoc1. The van der Waals surface area contributed by atoms with Gasteiger partial charge in [-0.25, -0.2) is 9.97 Å². The minimum Gasteiger partial charge on any atom is -0.472 e. The van der Waals surface area contributed by atoms with E-state index in [1.807, 2.05) is 57.2 Å². The standard InChI is InChI=1S/C24H22N4O2/c1-15-5-4-6-16(2)21(15)27-23(29)18-7-9-20(10-8-18)26-24-25-13-17(3)22(28-24)19-11-12-30-14-19/h4-14H,1-3H3,(H,27,29)(H,25,26,28).